The average Bonchev–Trinajstić information content (AvgIpc) is 2.79. The number of rotatable bonds is 4. The van der Waals surface area contributed by atoms with Crippen molar-refractivity contribution in [2.45, 2.75) is 57.9 Å². The van der Waals surface area contributed by atoms with Gasteiger partial charge >= 0.3 is 6.18 Å². The van der Waals surface area contributed by atoms with E-state index in [9.17, 15) is 22.8 Å². The molecule has 1 fully saturated rings. The van der Waals surface area contributed by atoms with Crippen LogP contribution in [0.15, 0.2) is 36.4 Å². The number of alkyl halides is 3. The maximum Gasteiger partial charge on any atom is 0.416 e. The quantitative estimate of drug-likeness (QED) is 0.554. The number of piperidine rings is 1. The van der Waals surface area contributed by atoms with E-state index in [1.807, 2.05) is 4.90 Å². The molecule has 2 aromatic carbocycles. The molecular weight excluding hydrogens is 502 g/mol. The van der Waals surface area contributed by atoms with Gasteiger partial charge in [0.05, 0.1) is 5.56 Å². The minimum Gasteiger partial charge on any atom is -0.331 e. The van der Waals surface area contributed by atoms with Crippen molar-refractivity contribution in [3.63, 3.8) is 0 Å². The number of hydrogen-bond donors (Lipinski definition) is 1. The molecule has 1 saturated heterocycles. The van der Waals surface area contributed by atoms with Gasteiger partial charge in [0.1, 0.15) is 6.04 Å². The molecule has 0 unspecified atom stereocenters. The van der Waals surface area contributed by atoms with Crippen LogP contribution in [-0.4, -0.2) is 40.7 Å². The van der Waals surface area contributed by atoms with E-state index in [1.54, 1.807) is 29.2 Å². The molecule has 1 N–H and O–H groups in total. The number of carbonyl (C=O) groups excluding carboxylic acids is 2. The molecule has 190 valence electrons. The van der Waals surface area contributed by atoms with Gasteiger partial charge < -0.3 is 10.2 Å². The van der Waals surface area contributed by atoms with Crippen molar-refractivity contribution in [3.05, 3.63) is 63.7 Å². The topological polar surface area (TPSA) is 52.7 Å². The van der Waals surface area contributed by atoms with Crippen LogP contribution in [0.25, 0.3) is 0 Å². The van der Waals surface area contributed by atoms with Gasteiger partial charge in [-0.3, -0.25) is 14.5 Å². The average molecular weight is 530 g/mol. The van der Waals surface area contributed by atoms with Gasteiger partial charge in [-0.15, -0.1) is 12.4 Å². The summed E-state index contributed by atoms with van der Waals surface area (Å²) in [6.07, 6.45) is -1.46. The van der Waals surface area contributed by atoms with Gasteiger partial charge in [-0.25, -0.2) is 0 Å². The second-order valence-corrected chi connectivity index (χ2v) is 9.33. The molecule has 2 aliphatic rings. The fourth-order valence-electron chi connectivity index (χ4n) is 4.84. The van der Waals surface area contributed by atoms with Crippen LogP contribution >= 0.6 is 24.0 Å². The fraction of sp³-hybridized carbons (Fsp3) is 0.440. The van der Waals surface area contributed by atoms with Gasteiger partial charge in [-0.2, -0.15) is 13.2 Å². The molecule has 2 heterocycles. The Kier molecular flexibility index (Phi) is 8.72. The lowest BCUT2D eigenvalue weighted by Gasteiger charge is -2.34. The lowest BCUT2D eigenvalue weighted by atomic mass is 9.94. The van der Waals surface area contributed by atoms with Gasteiger partial charge in [0, 0.05) is 43.8 Å². The maximum atomic E-state index is 13.4. The molecule has 35 heavy (non-hydrogen) atoms. The van der Waals surface area contributed by atoms with E-state index in [2.05, 4.69) is 5.32 Å². The molecule has 5 nitrogen and oxygen atoms in total. The standard InChI is InChI=1S/C25H27ClF3N3O2.ClH/c1-16(33)32-11-3-2-7-23(32)24(34)30-19-9-8-18(22(26)13-19)14-31-12-10-17-5-4-6-21(20(17)15-31)25(27,28)29;/h4-6,8-9,13,23H,2-3,7,10-12,14-15H2,1H3,(H,30,34);1H/t23-;/m1./s1. The second kappa shape index (κ2) is 11.2. The number of halogens is 5. The van der Waals surface area contributed by atoms with Crippen LogP contribution in [0, 0.1) is 0 Å². The Labute approximate surface area is 214 Å². The number of carbonyl (C=O) groups is 2. The van der Waals surface area contributed by atoms with Crippen molar-refractivity contribution in [1.82, 2.24) is 9.80 Å². The van der Waals surface area contributed by atoms with Gasteiger partial charge in [0.15, 0.2) is 0 Å². The van der Waals surface area contributed by atoms with E-state index in [0.717, 1.165) is 30.0 Å². The van der Waals surface area contributed by atoms with Crippen LogP contribution < -0.4 is 5.32 Å². The predicted octanol–water partition coefficient (Wildman–Crippen LogP) is 5.68. The minimum atomic E-state index is -4.39. The SMILES string of the molecule is CC(=O)N1CCCC[C@@H]1C(=O)Nc1ccc(CN2CCc3cccc(C(F)(F)F)c3C2)c(Cl)c1.Cl. The number of likely N-dealkylation sites (tertiary alicyclic amines) is 1. The Morgan fingerprint density at radius 2 is 1.91 bits per heavy atom. The number of fused-ring (bicyclic) bond motifs is 1. The van der Waals surface area contributed by atoms with E-state index in [1.165, 1.54) is 13.0 Å². The van der Waals surface area contributed by atoms with E-state index >= 15 is 0 Å². The first-order valence-electron chi connectivity index (χ1n) is 11.4. The van der Waals surface area contributed by atoms with E-state index in [0.29, 0.717) is 48.7 Å². The fourth-order valence-corrected chi connectivity index (χ4v) is 5.08. The Hall–Kier alpha value is -2.29. The Balaban J connectivity index is 0.00000342. The molecule has 0 spiro atoms. The van der Waals surface area contributed by atoms with Crippen LogP contribution in [0.2, 0.25) is 5.02 Å². The van der Waals surface area contributed by atoms with Crippen molar-refractivity contribution >= 4 is 41.5 Å². The lowest BCUT2D eigenvalue weighted by molar-refractivity contribution is -0.138. The van der Waals surface area contributed by atoms with Crippen LogP contribution in [-0.2, 0) is 35.3 Å². The Bertz CT molecular complexity index is 1090. The first-order valence-corrected chi connectivity index (χ1v) is 11.8. The zero-order valence-corrected chi connectivity index (χ0v) is 20.9. The highest BCUT2D eigenvalue weighted by atomic mass is 35.5. The molecular formula is C25H28Cl2F3N3O2. The number of nitrogens with zero attached hydrogens (tertiary/aromatic N) is 2. The monoisotopic (exact) mass is 529 g/mol. The van der Waals surface area contributed by atoms with Gasteiger partial charge in [0.2, 0.25) is 11.8 Å². The summed E-state index contributed by atoms with van der Waals surface area (Å²) in [4.78, 5) is 28.2. The van der Waals surface area contributed by atoms with Crippen molar-refractivity contribution in [2.75, 3.05) is 18.4 Å². The van der Waals surface area contributed by atoms with Crippen molar-refractivity contribution in [2.24, 2.45) is 0 Å². The first kappa shape index (κ1) is 27.3. The molecule has 2 aliphatic heterocycles. The molecule has 10 heteroatoms. The molecule has 0 bridgehead atoms. The minimum absolute atomic E-state index is 0. The summed E-state index contributed by atoms with van der Waals surface area (Å²) in [5.74, 6) is -0.365. The van der Waals surface area contributed by atoms with Crippen LogP contribution in [0.1, 0.15) is 48.4 Å². The molecule has 1 atom stereocenters. The number of benzene rings is 2. The second-order valence-electron chi connectivity index (χ2n) is 8.92. The van der Waals surface area contributed by atoms with E-state index in [-0.39, 0.29) is 30.8 Å². The van der Waals surface area contributed by atoms with Crippen molar-refractivity contribution < 1.29 is 22.8 Å². The molecule has 2 aromatic rings. The maximum absolute atomic E-state index is 13.4. The lowest BCUT2D eigenvalue weighted by Crippen LogP contribution is -2.49. The molecule has 0 aromatic heterocycles. The Morgan fingerprint density at radius 1 is 1.14 bits per heavy atom. The number of hydrogen-bond acceptors (Lipinski definition) is 3. The van der Waals surface area contributed by atoms with Crippen LogP contribution in [0.3, 0.4) is 0 Å². The van der Waals surface area contributed by atoms with Gasteiger partial charge in [-0.1, -0.05) is 29.8 Å². The third kappa shape index (κ3) is 6.29. The summed E-state index contributed by atoms with van der Waals surface area (Å²) >= 11 is 6.48. The summed E-state index contributed by atoms with van der Waals surface area (Å²) < 4.78 is 40.3. The van der Waals surface area contributed by atoms with Gasteiger partial charge in [0.25, 0.3) is 0 Å². The third-order valence-corrected chi connectivity index (χ3v) is 6.93. The van der Waals surface area contributed by atoms with Crippen LogP contribution in [0.5, 0.6) is 0 Å². The van der Waals surface area contributed by atoms with E-state index in [4.69, 9.17) is 11.6 Å². The number of amides is 2. The molecule has 0 aliphatic carbocycles. The highest BCUT2D eigenvalue weighted by Crippen LogP contribution is 2.36. The normalized spacial score (nSPS) is 18.4. The zero-order valence-electron chi connectivity index (χ0n) is 19.3. The smallest absolute Gasteiger partial charge is 0.331 e. The summed E-state index contributed by atoms with van der Waals surface area (Å²) in [6, 6.07) is 9.02. The zero-order chi connectivity index (χ0) is 24.5. The molecule has 0 saturated carbocycles. The highest BCUT2D eigenvalue weighted by molar-refractivity contribution is 6.31. The van der Waals surface area contributed by atoms with Crippen molar-refractivity contribution in [3.8, 4) is 0 Å². The third-order valence-electron chi connectivity index (χ3n) is 6.58. The molecule has 2 amide bonds. The van der Waals surface area contributed by atoms with E-state index < -0.39 is 17.8 Å². The van der Waals surface area contributed by atoms with Gasteiger partial charge in [-0.05, 0) is 60.6 Å². The largest absolute Gasteiger partial charge is 0.416 e. The summed E-state index contributed by atoms with van der Waals surface area (Å²) in [5, 5.41) is 3.28. The Morgan fingerprint density at radius 3 is 2.60 bits per heavy atom. The van der Waals surface area contributed by atoms with Crippen molar-refractivity contribution in [1.29, 1.82) is 0 Å². The molecule has 0 radical (unpaired) electrons. The number of anilines is 1. The number of nitrogens with one attached hydrogen (secondary N) is 1. The molecule has 4 rings (SSSR count). The summed E-state index contributed by atoms with van der Waals surface area (Å²) in [5.41, 5.74) is 1.77. The highest BCUT2D eigenvalue weighted by Gasteiger charge is 2.35. The first-order chi connectivity index (χ1) is 16.1. The summed E-state index contributed by atoms with van der Waals surface area (Å²) in [7, 11) is 0. The summed E-state index contributed by atoms with van der Waals surface area (Å²) in [6.45, 7) is 3.27. The predicted molar refractivity (Wildman–Crippen MR) is 132 cm³/mol. The van der Waals surface area contributed by atoms with Crippen LogP contribution in [0.4, 0.5) is 18.9 Å².